The van der Waals surface area contributed by atoms with Gasteiger partial charge in [-0.3, -0.25) is 4.79 Å². The van der Waals surface area contributed by atoms with Crippen molar-refractivity contribution >= 4 is 23.2 Å². The number of carbonyl (C=O) groups excluding carboxylic acids is 1. The minimum absolute atomic E-state index is 0.0580. The Labute approximate surface area is 185 Å². The minimum Gasteiger partial charge on any atom is -0.324 e. The van der Waals surface area contributed by atoms with Gasteiger partial charge in [0.25, 0.3) is 5.91 Å². The molecule has 0 spiro atoms. The number of hydrogen-bond acceptors (Lipinski definition) is 5. The van der Waals surface area contributed by atoms with Gasteiger partial charge in [0, 0.05) is 17.6 Å². The molecule has 4 rings (SSSR count). The molecule has 0 saturated heterocycles. The minimum atomic E-state index is -0.652. The van der Waals surface area contributed by atoms with Gasteiger partial charge >= 0.3 is 0 Å². The first-order chi connectivity index (χ1) is 15.3. The molecule has 32 heavy (non-hydrogen) atoms. The van der Waals surface area contributed by atoms with Crippen LogP contribution in [0.15, 0.2) is 55.0 Å². The molecule has 0 saturated carbocycles. The lowest BCUT2D eigenvalue weighted by molar-refractivity contribution is 0.102. The van der Waals surface area contributed by atoms with Gasteiger partial charge in [-0.2, -0.15) is 10.1 Å². The van der Waals surface area contributed by atoms with Gasteiger partial charge in [0.05, 0.1) is 18.0 Å². The second-order valence-electron chi connectivity index (χ2n) is 7.87. The van der Waals surface area contributed by atoms with Crippen molar-refractivity contribution in [1.29, 1.82) is 0 Å². The average molecular weight is 430 g/mol. The van der Waals surface area contributed by atoms with E-state index in [4.69, 9.17) is 0 Å². The molecule has 4 aromatic rings. The average Bonchev–Trinajstić information content (AvgIpc) is 3.18. The van der Waals surface area contributed by atoms with Crippen molar-refractivity contribution in [2.75, 3.05) is 10.6 Å². The summed E-state index contributed by atoms with van der Waals surface area (Å²) >= 11 is 0. The molecule has 0 radical (unpaired) electrons. The van der Waals surface area contributed by atoms with E-state index in [1.807, 2.05) is 58.0 Å². The van der Waals surface area contributed by atoms with Gasteiger partial charge < -0.3 is 10.6 Å². The Morgan fingerprint density at radius 3 is 2.09 bits per heavy atom. The third-order valence-corrected chi connectivity index (χ3v) is 4.74. The van der Waals surface area contributed by atoms with Crippen LogP contribution >= 0.6 is 0 Å². The van der Waals surface area contributed by atoms with Crippen molar-refractivity contribution in [3.63, 3.8) is 0 Å². The van der Waals surface area contributed by atoms with E-state index in [1.54, 1.807) is 0 Å². The molecule has 2 aromatic carbocycles. The number of carbonyl (C=O) groups is 1. The van der Waals surface area contributed by atoms with Crippen LogP contribution in [-0.2, 0) is 0 Å². The molecule has 0 fully saturated rings. The molecule has 2 heterocycles. The molecular formula is C24H23FN6O. The Morgan fingerprint density at radius 2 is 1.47 bits per heavy atom. The molecule has 0 bridgehead atoms. The van der Waals surface area contributed by atoms with Gasteiger partial charge in [0.2, 0.25) is 5.95 Å². The number of aromatic nitrogens is 4. The quantitative estimate of drug-likeness (QED) is 0.464. The fourth-order valence-electron chi connectivity index (χ4n) is 3.56. The topological polar surface area (TPSA) is 84.7 Å². The van der Waals surface area contributed by atoms with E-state index >= 15 is 0 Å². The molecule has 2 aromatic heterocycles. The first-order valence-electron chi connectivity index (χ1n) is 10.1. The van der Waals surface area contributed by atoms with E-state index in [-0.39, 0.29) is 23.2 Å². The highest BCUT2D eigenvalue weighted by Gasteiger charge is 2.15. The van der Waals surface area contributed by atoms with Crippen molar-refractivity contribution in [1.82, 2.24) is 19.7 Å². The molecule has 0 aliphatic rings. The summed E-state index contributed by atoms with van der Waals surface area (Å²) < 4.78 is 15.7. The number of anilines is 3. The van der Waals surface area contributed by atoms with Gasteiger partial charge in [-0.15, -0.1) is 0 Å². The summed E-state index contributed by atoms with van der Waals surface area (Å²) in [4.78, 5) is 20.9. The zero-order chi connectivity index (χ0) is 22.8. The highest BCUT2D eigenvalue weighted by atomic mass is 19.1. The molecule has 0 aliphatic heterocycles. The lowest BCUT2D eigenvalue weighted by atomic mass is 10.1. The standard InChI is InChI=1S/C24H23FN6O/c1-14-5-15(2)8-19(7-14)28-23(32)18-11-27-31(13-18)22-21(25)12-26-24(30-22)29-20-9-16(3)6-17(4)10-20/h5-13H,1-4H3,(H,28,32)(H,26,29,30). The molecule has 0 atom stereocenters. The Hall–Kier alpha value is -4.07. The first kappa shape index (κ1) is 21.2. The summed E-state index contributed by atoms with van der Waals surface area (Å²) in [7, 11) is 0. The summed E-state index contributed by atoms with van der Waals surface area (Å²) in [5, 5.41) is 10.0. The fourth-order valence-corrected chi connectivity index (χ4v) is 3.56. The first-order valence-corrected chi connectivity index (χ1v) is 10.1. The molecule has 7 nitrogen and oxygen atoms in total. The Kier molecular flexibility index (Phi) is 5.68. The number of hydrogen-bond donors (Lipinski definition) is 2. The van der Waals surface area contributed by atoms with Crippen molar-refractivity contribution in [2.24, 2.45) is 0 Å². The van der Waals surface area contributed by atoms with Crippen LogP contribution in [0.4, 0.5) is 21.7 Å². The third-order valence-electron chi connectivity index (χ3n) is 4.74. The molecular weight excluding hydrogens is 407 g/mol. The van der Waals surface area contributed by atoms with Gasteiger partial charge in [-0.25, -0.2) is 14.1 Å². The predicted octanol–water partition coefficient (Wildman–Crippen LogP) is 5.03. The smallest absolute Gasteiger partial charge is 0.258 e. The van der Waals surface area contributed by atoms with E-state index in [9.17, 15) is 9.18 Å². The number of aryl methyl sites for hydroxylation is 4. The maximum atomic E-state index is 14.5. The number of amides is 1. The van der Waals surface area contributed by atoms with E-state index in [1.165, 1.54) is 17.1 Å². The van der Waals surface area contributed by atoms with Crippen LogP contribution < -0.4 is 10.6 Å². The van der Waals surface area contributed by atoms with Crippen LogP contribution in [0.5, 0.6) is 0 Å². The van der Waals surface area contributed by atoms with Crippen LogP contribution in [0.25, 0.3) is 5.82 Å². The Balaban J connectivity index is 1.56. The molecule has 1 amide bonds. The van der Waals surface area contributed by atoms with Crippen molar-refractivity contribution in [2.45, 2.75) is 27.7 Å². The van der Waals surface area contributed by atoms with Crippen molar-refractivity contribution < 1.29 is 9.18 Å². The zero-order valence-corrected chi connectivity index (χ0v) is 18.3. The largest absolute Gasteiger partial charge is 0.324 e. The monoisotopic (exact) mass is 430 g/mol. The normalized spacial score (nSPS) is 10.8. The lowest BCUT2D eigenvalue weighted by Gasteiger charge is -2.09. The Morgan fingerprint density at radius 1 is 0.875 bits per heavy atom. The van der Waals surface area contributed by atoms with Gasteiger partial charge in [0.15, 0.2) is 11.6 Å². The summed E-state index contributed by atoms with van der Waals surface area (Å²) in [6.07, 6.45) is 3.88. The van der Waals surface area contributed by atoms with Crippen LogP contribution in [-0.4, -0.2) is 25.7 Å². The number of nitrogens with zero attached hydrogens (tertiary/aromatic N) is 4. The maximum absolute atomic E-state index is 14.5. The second-order valence-corrected chi connectivity index (χ2v) is 7.87. The van der Waals surface area contributed by atoms with Crippen molar-refractivity contribution in [3.8, 4) is 5.82 Å². The SMILES string of the molecule is Cc1cc(C)cc(NC(=O)c2cnn(-c3nc(Nc4cc(C)cc(C)c4)ncc3F)c2)c1. The zero-order valence-electron chi connectivity index (χ0n) is 18.3. The van der Waals surface area contributed by atoms with E-state index in [2.05, 4.69) is 31.8 Å². The van der Waals surface area contributed by atoms with E-state index in [0.717, 1.165) is 34.1 Å². The van der Waals surface area contributed by atoms with Crippen LogP contribution in [0.1, 0.15) is 32.6 Å². The highest BCUT2D eigenvalue weighted by molar-refractivity contribution is 6.04. The lowest BCUT2D eigenvalue weighted by Crippen LogP contribution is -2.11. The molecule has 0 unspecified atom stereocenters. The summed E-state index contributed by atoms with van der Waals surface area (Å²) in [5.74, 6) is -0.829. The Bertz CT molecular complexity index is 1270. The number of rotatable bonds is 5. The van der Waals surface area contributed by atoms with Gasteiger partial charge in [-0.05, 0) is 74.2 Å². The number of benzene rings is 2. The van der Waals surface area contributed by atoms with Gasteiger partial charge in [0.1, 0.15) is 0 Å². The van der Waals surface area contributed by atoms with E-state index < -0.39 is 5.82 Å². The summed E-state index contributed by atoms with van der Waals surface area (Å²) in [6, 6.07) is 11.7. The molecule has 0 aliphatic carbocycles. The summed E-state index contributed by atoms with van der Waals surface area (Å²) in [5.41, 5.74) is 6.03. The van der Waals surface area contributed by atoms with Crippen LogP contribution in [0.2, 0.25) is 0 Å². The molecule has 162 valence electrons. The van der Waals surface area contributed by atoms with Crippen LogP contribution in [0.3, 0.4) is 0 Å². The summed E-state index contributed by atoms with van der Waals surface area (Å²) in [6.45, 7) is 7.90. The van der Waals surface area contributed by atoms with Gasteiger partial charge in [-0.1, -0.05) is 12.1 Å². The predicted molar refractivity (Wildman–Crippen MR) is 122 cm³/mol. The molecule has 2 N–H and O–H groups in total. The second kappa shape index (κ2) is 8.58. The highest BCUT2D eigenvalue weighted by Crippen LogP contribution is 2.20. The maximum Gasteiger partial charge on any atom is 0.258 e. The fraction of sp³-hybridized carbons (Fsp3) is 0.167. The van der Waals surface area contributed by atoms with Crippen molar-refractivity contribution in [3.05, 3.63) is 88.6 Å². The number of halogens is 1. The molecule has 8 heteroatoms. The van der Waals surface area contributed by atoms with E-state index in [0.29, 0.717) is 5.69 Å². The number of nitrogens with one attached hydrogen (secondary N) is 2. The van der Waals surface area contributed by atoms with Crippen LogP contribution in [0, 0.1) is 33.5 Å². The third kappa shape index (κ3) is 4.80.